The molecule has 2 atom stereocenters. The van der Waals surface area contributed by atoms with E-state index in [1.807, 2.05) is 0 Å². The van der Waals surface area contributed by atoms with E-state index >= 15 is 0 Å². The molecule has 3 rings (SSSR count). The summed E-state index contributed by atoms with van der Waals surface area (Å²) in [5.74, 6) is 1.70. The van der Waals surface area contributed by atoms with Gasteiger partial charge in [-0.25, -0.2) is 0 Å². The highest BCUT2D eigenvalue weighted by Crippen LogP contribution is 2.70. The largest absolute Gasteiger partial charge is 0.282 e. The zero-order valence-corrected chi connectivity index (χ0v) is 7.81. The molecule has 1 saturated carbocycles. The Bertz CT molecular complexity index is 349. The standard InChI is InChI=1S/C10H14N2/c1-5-8-7(12-11-5)4-6-9(8)10(6,2)3/h6,9H,4H2,1-3H3,(H,11,12)/t6-,9-/m0/s1. The van der Waals surface area contributed by atoms with Crippen LogP contribution >= 0.6 is 0 Å². The second kappa shape index (κ2) is 1.61. The maximum atomic E-state index is 4.32. The zero-order chi connectivity index (χ0) is 8.51. The predicted octanol–water partition coefficient (Wildman–Crippen LogP) is 2.01. The minimum atomic E-state index is 0.557. The molecule has 0 aromatic carbocycles. The normalized spacial score (nSPS) is 34.6. The van der Waals surface area contributed by atoms with Crippen molar-refractivity contribution in [2.45, 2.75) is 33.1 Å². The molecule has 0 amide bonds. The molecule has 0 saturated heterocycles. The molecule has 0 spiro atoms. The van der Waals surface area contributed by atoms with E-state index in [0.29, 0.717) is 5.41 Å². The Morgan fingerprint density at radius 2 is 2.25 bits per heavy atom. The topological polar surface area (TPSA) is 28.7 Å². The van der Waals surface area contributed by atoms with Crippen LogP contribution in [0, 0.1) is 18.3 Å². The Balaban J connectivity index is 2.14. The van der Waals surface area contributed by atoms with Gasteiger partial charge in [0, 0.05) is 5.69 Å². The summed E-state index contributed by atoms with van der Waals surface area (Å²) in [5.41, 5.74) is 4.72. The number of fused-ring (bicyclic) bond motifs is 3. The number of aryl methyl sites for hydroxylation is 1. The third-order valence-electron chi connectivity index (χ3n) is 3.85. The molecule has 0 radical (unpaired) electrons. The smallest absolute Gasteiger partial charge is 0.0663 e. The Morgan fingerprint density at radius 3 is 3.00 bits per heavy atom. The van der Waals surface area contributed by atoms with Gasteiger partial charge in [-0.15, -0.1) is 0 Å². The van der Waals surface area contributed by atoms with Crippen LogP contribution in [0.2, 0.25) is 0 Å². The van der Waals surface area contributed by atoms with Crippen LogP contribution in [0.1, 0.15) is 36.7 Å². The number of aromatic nitrogens is 2. The third-order valence-corrected chi connectivity index (χ3v) is 3.85. The van der Waals surface area contributed by atoms with Crippen molar-refractivity contribution in [1.29, 1.82) is 0 Å². The SMILES string of the molecule is Cc1[nH]nc2c1[C@@H]1[C@H](C2)C1(C)C. The number of hydrogen-bond donors (Lipinski definition) is 1. The van der Waals surface area contributed by atoms with Gasteiger partial charge in [-0.2, -0.15) is 5.10 Å². The van der Waals surface area contributed by atoms with Crippen molar-refractivity contribution in [3.05, 3.63) is 17.0 Å². The molecule has 2 aliphatic carbocycles. The summed E-state index contributed by atoms with van der Waals surface area (Å²) in [6.45, 7) is 6.89. The van der Waals surface area contributed by atoms with Crippen LogP contribution < -0.4 is 0 Å². The quantitative estimate of drug-likeness (QED) is 0.621. The van der Waals surface area contributed by atoms with Crippen molar-refractivity contribution in [3.63, 3.8) is 0 Å². The lowest BCUT2D eigenvalue weighted by Gasteiger charge is -2.06. The summed E-state index contributed by atoms with van der Waals surface area (Å²) in [7, 11) is 0. The number of rotatable bonds is 0. The molecule has 1 aromatic rings. The van der Waals surface area contributed by atoms with Gasteiger partial charge in [0.25, 0.3) is 0 Å². The van der Waals surface area contributed by atoms with E-state index in [4.69, 9.17) is 0 Å². The molecule has 1 N–H and O–H groups in total. The molecule has 1 fully saturated rings. The van der Waals surface area contributed by atoms with E-state index in [1.54, 1.807) is 0 Å². The molecule has 12 heavy (non-hydrogen) atoms. The minimum absolute atomic E-state index is 0.557. The van der Waals surface area contributed by atoms with E-state index in [-0.39, 0.29) is 0 Å². The molecular formula is C10H14N2. The van der Waals surface area contributed by atoms with E-state index in [9.17, 15) is 0 Å². The monoisotopic (exact) mass is 162 g/mol. The summed E-state index contributed by atoms with van der Waals surface area (Å²) in [6, 6.07) is 0. The van der Waals surface area contributed by atoms with E-state index in [0.717, 1.165) is 11.8 Å². The van der Waals surface area contributed by atoms with Crippen molar-refractivity contribution < 1.29 is 0 Å². The molecular weight excluding hydrogens is 148 g/mol. The second-order valence-electron chi connectivity index (χ2n) is 4.82. The number of H-pyrrole nitrogens is 1. The van der Waals surface area contributed by atoms with Crippen LogP contribution in [0.25, 0.3) is 0 Å². The molecule has 64 valence electrons. The van der Waals surface area contributed by atoms with Crippen LogP contribution in [-0.4, -0.2) is 10.2 Å². The summed E-state index contributed by atoms with van der Waals surface area (Å²) in [6.07, 6.45) is 1.21. The lowest BCUT2D eigenvalue weighted by atomic mass is 9.98. The number of nitrogens with zero attached hydrogens (tertiary/aromatic N) is 1. The summed E-state index contributed by atoms with van der Waals surface area (Å²) < 4.78 is 0. The van der Waals surface area contributed by atoms with Crippen molar-refractivity contribution in [2.75, 3.05) is 0 Å². The zero-order valence-electron chi connectivity index (χ0n) is 7.81. The molecule has 2 aliphatic rings. The highest BCUT2D eigenvalue weighted by atomic mass is 15.1. The van der Waals surface area contributed by atoms with Crippen LogP contribution in [0.15, 0.2) is 0 Å². The molecule has 0 aliphatic heterocycles. The average molecular weight is 162 g/mol. The lowest BCUT2D eigenvalue weighted by molar-refractivity contribution is 0.537. The fourth-order valence-electron chi connectivity index (χ4n) is 2.96. The molecule has 1 heterocycles. The Morgan fingerprint density at radius 1 is 1.50 bits per heavy atom. The van der Waals surface area contributed by atoms with Gasteiger partial charge in [-0.05, 0) is 36.2 Å². The Hall–Kier alpha value is -0.790. The number of hydrogen-bond acceptors (Lipinski definition) is 1. The highest BCUT2D eigenvalue weighted by Gasteiger charge is 2.63. The first-order valence-corrected chi connectivity index (χ1v) is 4.66. The van der Waals surface area contributed by atoms with E-state index in [2.05, 4.69) is 31.0 Å². The van der Waals surface area contributed by atoms with Gasteiger partial charge in [0.1, 0.15) is 0 Å². The van der Waals surface area contributed by atoms with Crippen molar-refractivity contribution in [1.82, 2.24) is 10.2 Å². The number of aromatic amines is 1. The first kappa shape index (κ1) is 6.70. The first-order valence-electron chi connectivity index (χ1n) is 4.66. The van der Waals surface area contributed by atoms with E-state index in [1.165, 1.54) is 23.4 Å². The molecule has 1 aromatic heterocycles. The molecule has 0 unspecified atom stereocenters. The highest BCUT2D eigenvalue weighted by molar-refractivity contribution is 5.44. The van der Waals surface area contributed by atoms with Gasteiger partial charge in [0.2, 0.25) is 0 Å². The van der Waals surface area contributed by atoms with Crippen molar-refractivity contribution in [3.8, 4) is 0 Å². The van der Waals surface area contributed by atoms with Gasteiger partial charge in [-0.1, -0.05) is 13.8 Å². The van der Waals surface area contributed by atoms with Gasteiger partial charge in [0.15, 0.2) is 0 Å². The second-order valence-corrected chi connectivity index (χ2v) is 4.82. The predicted molar refractivity (Wildman–Crippen MR) is 47.0 cm³/mol. The Kier molecular flexibility index (Phi) is 0.897. The lowest BCUT2D eigenvalue weighted by Crippen LogP contribution is -1.99. The maximum Gasteiger partial charge on any atom is 0.0663 e. The summed E-state index contributed by atoms with van der Waals surface area (Å²) in [4.78, 5) is 0. The number of nitrogens with one attached hydrogen (secondary N) is 1. The van der Waals surface area contributed by atoms with Gasteiger partial charge < -0.3 is 0 Å². The molecule has 2 heteroatoms. The molecule has 0 bridgehead atoms. The van der Waals surface area contributed by atoms with Crippen LogP contribution in [0.5, 0.6) is 0 Å². The fraction of sp³-hybridized carbons (Fsp3) is 0.700. The molecule has 2 nitrogen and oxygen atoms in total. The average Bonchev–Trinajstić information content (AvgIpc) is 2.41. The van der Waals surface area contributed by atoms with Gasteiger partial charge >= 0.3 is 0 Å². The van der Waals surface area contributed by atoms with Crippen LogP contribution in [0.4, 0.5) is 0 Å². The van der Waals surface area contributed by atoms with Crippen LogP contribution in [-0.2, 0) is 6.42 Å². The fourth-order valence-corrected chi connectivity index (χ4v) is 2.96. The summed E-state index contributed by atoms with van der Waals surface area (Å²) >= 11 is 0. The van der Waals surface area contributed by atoms with Crippen molar-refractivity contribution in [2.24, 2.45) is 11.3 Å². The van der Waals surface area contributed by atoms with E-state index < -0.39 is 0 Å². The van der Waals surface area contributed by atoms with Crippen molar-refractivity contribution >= 4 is 0 Å². The summed E-state index contributed by atoms with van der Waals surface area (Å²) in [5, 5.41) is 7.40. The first-order chi connectivity index (χ1) is 5.62. The maximum absolute atomic E-state index is 4.32. The van der Waals surface area contributed by atoms with Crippen LogP contribution in [0.3, 0.4) is 0 Å². The third kappa shape index (κ3) is 0.530. The minimum Gasteiger partial charge on any atom is -0.282 e. The van der Waals surface area contributed by atoms with Gasteiger partial charge in [-0.3, -0.25) is 5.10 Å². The Labute approximate surface area is 72.4 Å². The van der Waals surface area contributed by atoms with Gasteiger partial charge in [0.05, 0.1) is 5.69 Å².